The topological polar surface area (TPSA) is 101 Å². The third-order valence-electron chi connectivity index (χ3n) is 2.71. The fourth-order valence-electron chi connectivity index (χ4n) is 1.64. The van der Waals surface area contributed by atoms with Crippen molar-refractivity contribution in [2.75, 3.05) is 6.54 Å². The van der Waals surface area contributed by atoms with Crippen LogP contribution >= 0.6 is 0 Å². The highest BCUT2D eigenvalue weighted by Gasteiger charge is 2.38. The van der Waals surface area contributed by atoms with Crippen molar-refractivity contribution in [3.8, 4) is 11.4 Å². The molecule has 0 aliphatic rings. The lowest BCUT2D eigenvalue weighted by Gasteiger charge is -2.03. The Morgan fingerprint density at radius 3 is 2.61 bits per heavy atom. The third kappa shape index (κ3) is 4.28. The molecule has 0 radical (unpaired) electrons. The summed E-state index contributed by atoms with van der Waals surface area (Å²) in [6.07, 6.45) is -3.11. The van der Waals surface area contributed by atoms with Crippen LogP contribution in [0.4, 0.5) is 13.2 Å². The summed E-state index contributed by atoms with van der Waals surface area (Å²) in [5.41, 5.74) is 0.599. The van der Waals surface area contributed by atoms with Crippen molar-refractivity contribution in [3.63, 3.8) is 0 Å². The van der Waals surface area contributed by atoms with Crippen LogP contribution in [0.25, 0.3) is 11.4 Å². The molecule has 23 heavy (non-hydrogen) atoms. The van der Waals surface area contributed by atoms with Gasteiger partial charge in [0.25, 0.3) is 5.91 Å². The van der Waals surface area contributed by atoms with E-state index >= 15 is 0 Å². The van der Waals surface area contributed by atoms with Gasteiger partial charge in [0.1, 0.15) is 0 Å². The molecule has 0 unspecified atom stereocenters. The van der Waals surface area contributed by atoms with Gasteiger partial charge in [0.2, 0.25) is 5.82 Å². The molecule has 0 saturated carbocycles. The fraction of sp³-hybridized carbons (Fsp3) is 0.231. The number of hydrogen-bond acceptors (Lipinski definition) is 6. The van der Waals surface area contributed by atoms with Crippen molar-refractivity contribution in [3.05, 3.63) is 35.7 Å². The average Bonchev–Trinajstić information content (AvgIpc) is 3.02. The quantitative estimate of drug-likeness (QED) is 0.380. The van der Waals surface area contributed by atoms with Gasteiger partial charge in [-0.1, -0.05) is 17.3 Å². The highest BCUT2D eigenvalue weighted by molar-refractivity contribution is 5.94. The highest BCUT2D eigenvalue weighted by atomic mass is 19.4. The van der Waals surface area contributed by atoms with E-state index in [0.29, 0.717) is 12.0 Å². The Hall–Kier alpha value is -2.91. The maximum atomic E-state index is 12.4. The zero-order valence-electron chi connectivity index (χ0n) is 11.5. The summed E-state index contributed by atoms with van der Waals surface area (Å²) in [4.78, 5) is 15.0. The standard InChI is InChI=1S/C13H11F3N4O3/c14-13(15,16)12-19-10(20-23-12)8-2-4-9(5-3-8)11(21)17-6-1-7-18-22/h2-5,7,22H,1,6H2,(H,17,21)/b18-7+. The maximum Gasteiger partial charge on any atom is 0.471 e. The Bertz CT molecular complexity index is 695. The van der Waals surface area contributed by atoms with E-state index in [-0.39, 0.29) is 23.8 Å². The van der Waals surface area contributed by atoms with Gasteiger partial charge in [-0.05, 0) is 12.1 Å². The van der Waals surface area contributed by atoms with E-state index in [1.165, 1.54) is 30.5 Å². The summed E-state index contributed by atoms with van der Waals surface area (Å²) < 4.78 is 41.3. The lowest BCUT2D eigenvalue weighted by molar-refractivity contribution is -0.159. The minimum Gasteiger partial charge on any atom is -0.411 e. The van der Waals surface area contributed by atoms with Gasteiger partial charge < -0.3 is 15.0 Å². The van der Waals surface area contributed by atoms with Gasteiger partial charge in [-0.3, -0.25) is 4.79 Å². The van der Waals surface area contributed by atoms with Crippen LogP contribution in [-0.4, -0.2) is 34.0 Å². The molecule has 0 saturated heterocycles. The van der Waals surface area contributed by atoms with Crippen LogP contribution in [0, 0.1) is 0 Å². The van der Waals surface area contributed by atoms with Crippen LogP contribution in [0.2, 0.25) is 0 Å². The Morgan fingerprint density at radius 1 is 1.35 bits per heavy atom. The van der Waals surface area contributed by atoms with Gasteiger partial charge in [-0.15, -0.1) is 5.16 Å². The molecule has 1 amide bonds. The molecule has 0 atom stereocenters. The second-order valence-electron chi connectivity index (χ2n) is 4.34. The normalized spacial score (nSPS) is 11.8. The number of alkyl halides is 3. The lowest BCUT2D eigenvalue weighted by atomic mass is 10.1. The summed E-state index contributed by atoms with van der Waals surface area (Å²) >= 11 is 0. The minimum atomic E-state index is -4.71. The number of oxime groups is 1. The van der Waals surface area contributed by atoms with Crippen LogP contribution < -0.4 is 5.32 Å². The SMILES string of the molecule is O=C(NCC/C=N/O)c1ccc(-c2noc(C(F)(F)F)n2)cc1. The number of rotatable bonds is 5. The molecule has 0 fully saturated rings. The molecule has 0 spiro atoms. The van der Waals surface area contributed by atoms with E-state index in [2.05, 4.69) is 25.1 Å². The van der Waals surface area contributed by atoms with Crippen LogP contribution in [0.1, 0.15) is 22.7 Å². The first kappa shape index (κ1) is 16.5. The average molecular weight is 328 g/mol. The van der Waals surface area contributed by atoms with E-state index in [9.17, 15) is 18.0 Å². The van der Waals surface area contributed by atoms with E-state index in [1.54, 1.807) is 0 Å². The summed E-state index contributed by atoms with van der Waals surface area (Å²) in [5.74, 6) is -2.02. The number of carbonyl (C=O) groups excluding carboxylic acids is 1. The first-order chi connectivity index (χ1) is 10.9. The second-order valence-corrected chi connectivity index (χ2v) is 4.34. The Morgan fingerprint density at radius 2 is 2.04 bits per heavy atom. The lowest BCUT2D eigenvalue weighted by Crippen LogP contribution is -2.24. The molecule has 0 aliphatic carbocycles. The molecule has 1 aromatic carbocycles. The molecule has 2 rings (SSSR count). The highest BCUT2D eigenvalue weighted by Crippen LogP contribution is 2.29. The van der Waals surface area contributed by atoms with Crippen molar-refractivity contribution in [2.45, 2.75) is 12.6 Å². The predicted octanol–water partition coefficient (Wildman–Crippen LogP) is 2.34. The first-order valence-corrected chi connectivity index (χ1v) is 6.37. The number of nitrogens with one attached hydrogen (secondary N) is 1. The molecular weight excluding hydrogens is 317 g/mol. The number of carbonyl (C=O) groups is 1. The van der Waals surface area contributed by atoms with Crippen molar-refractivity contribution in [2.24, 2.45) is 5.16 Å². The molecular formula is C13H11F3N4O3. The second kappa shape index (κ2) is 6.90. The molecule has 1 aromatic heterocycles. The molecule has 1 heterocycles. The number of amides is 1. The van der Waals surface area contributed by atoms with E-state index in [4.69, 9.17) is 5.21 Å². The minimum absolute atomic E-state index is 0.219. The van der Waals surface area contributed by atoms with Crippen LogP contribution in [-0.2, 0) is 6.18 Å². The van der Waals surface area contributed by atoms with Gasteiger partial charge in [-0.25, -0.2) is 0 Å². The van der Waals surface area contributed by atoms with Crippen molar-refractivity contribution in [1.29, 1.82) is 0 Å². The van der Waals surface area contributed by atoms with Crippen molar-refractivity contribution < 1.29 is 27.7 Å². The molecule has 122 valence electrons. The van der Waals surface area contributed by atoms with Gasteiger partial charge in [-0.2, -0.15) is 18.2 Å². The fourth-order valence-corrected chi connectivity index (χ4v) is 1.64. The molecule has 0 aliphatic heterocycles. The largest absolute Gasteiger partial charge is 0.471 e. The number of benzene rings is 1. The van der Waals surface area contributed by atoms with Gasteiger partial charge in [0.15, 0.2) is 0 Å². The number of nitrogens with zero attached hydrogens (tertiary/aromatic N) is 3. The molecule has 10 heteroatoms. The van der Waals surface area contributed by atoms with E-state index < -0.39 is 12.1 Å². The van der Waals surface area contributed by atoms with Crippen LogP contribution in [0.3, 0.4) is 0 Å². The van der Waals surface area contributed by atoms with E-state index in [1.807, 2.05) is 0 Å². The number of halogens is 3. The Labute approximate surface area is 127 Å². The Balaban J connectivity index is 2.04. The molecule has 2 N–H and O–H groups in total. The number of aromatic nitrogens is 2. The van der Waals surface area contributed by atoms with Crippen LogP contribution in [0.15, 0.2) is 33.9 Å². The monoisotopic (exact) mass is 328 g/mol. The van der Waals surface area contributed by atoms with Gasteiger partial charge >= 0.3 is 12.1 Å². The zero-order valence-corrected chi connectivity index (χ0v) is 11.5. The van der Waals surface area contributed by atoms with Crippen molar-refractivity contribution >= 4 is 12.1 Å². The Kier molecular flexibility index (Phi) is 4.94. The maximum absolute atomic E-state index is 12.4. The van der Waals surface area contributed by atoms with E-state index in [0.717, 1.165) is 0 Å². The first-order valence-electron chi connectivity index (χ1n) is 6.37. The molecule has 0 bridgehead atoms. The van der Waals surface area contributed by atoms with Gasteiger partial charge in [0, 0.05) is 30.3 Å². The number of hydrogen-bond donors (Lipinski definition) is 2. The summed E-state index contributed by atoms with van der Waals surface area (Å²) in [5, 5.41) is 16.8. The van der Waals surface area contributed by atoms with Gasteiger partial charge in [0.05, 0.1) is 0 Å². The summed E-state index contributed by atoms with van der Waals surface area (Å²) in [6.45, 7) is 0.282. The summed E-state index contributed by atoms with van der Waals surface area (Å²) in [6, 6.07) is 5.67. The summed E-state index contributed by atoms with van der Waals surface area (Å²) in [7, 11) is 0. The molecule has 7 nitrogen and oxygen atoms in total. The van der Waals surface area contributed by atoms with Crippen LogP contribution in [0.5, 0.6) is 0 Å². The third-order valence-corrected chi connectivity index (χ3v) is 2.71. The molecule has 2 aromatic rings. The predicted molar refractivity (Wildman–Crippen MR) is 72.0 cm³/mol. The van der Waals surface area contributed by atoms with Crippen molar-refractivity contribution in [1.82, 2.24) is 15.5 Å². The smallest absolute Gasteiger partial charge is 0.411 e. The zero-order chi connectivity index (χ0) is 16.9.